The molecule has 2 amide bonds. The molecule has 0 aliphatic carbocycles. The van der Waals surface area contributed by atoms with Crippen LogP contribution in [-0.2, 0) is 22.4 Å². The normalized spacial score (nSPS) is 11.0. The van der Waals surface area contributed by atoms with Crippen molar-refractivity contribution in [2.24, 2.45) is 5.41 Å². The van der Waals surface area contributed by atoms with E-state index in [1.807, 2.05) is 30.3 Å². The van der Waals surface area contributed by atoms with Crippen LogP contribution in [0.1, 0.15) is 25.0 Å². The highest BCUT2D eigenvalue weighted by Gasteiger charge is 2.35. The zero-order chi connectivity index (χ0) is 19.0. The fourth-order valence-corrected chi connectivity index (χ4v) is 2.48. The lowest BCUT2D eigenvalue weighted by Crippen LogP contribution is -2.48. The van der Waals surface area contributed by atoms with Crippen LogP contribution in [0.15, 0.2) is 54.6 Å². The summed E-state index contributed by atoms with van der Waals surface area (Å²) in [5.41, 5.74) is 0.908. The molecule has 0 atom stereocenters. The SMILES string of the molecule is CC(C)(C(=O)NCCc1ccccc1)C(=O)NCCc1ccc(F)cc1. The number of hydrogen-bond acceptors (Lipinski definition) is 2. The Morgan fingerprint density at radius 3 is 1.77 bits per heavy atom. The van der Waals surface area contributed by atoms with E-state index in [2.05, 4.69) is 10.6 Å². The minimum absolute atomic E-state index is 0.286. The van der Waals surface area contributed by atoms with Crippen LogP contribution in [0.4, 0.5) is 4.39 Å². The Morgan fingerprint density at radius 1 is 0.808 bits per heavy atom. The molecule has 0 radical (unpaired) electrons. The van der Waals surface area contributed by atoms with Gasteiger partial charge in [-0.2, -0.15) is 0 Å². The number of nitrogens with one attached hydrogen (secondary N) is 2. The van der Waals surface area contributed by atoms with Gasteiger partial charge in [-0.1, -0.05) is 42.5 Å². The van der Waals surface area contributed by atoms with Crippen LogP contribution in [0.3, 0.4) is 0 Å². The molecule has 138 valence electrons. The first-order chi connectivity index (χ1) is 12.4. The molecule has 0 aliphatic rings. The largest absolute Gasteiger partial charge is 0.355 e. The zero-order valence-electron chi connectivity index (χ0n) is 15.2. The molecule has 0 aromatic heterocycles. The summed E-state index contributed by atoms with van der Waals surface area (Å²) in [5, 5.41) is 5.61. The van der Waals surface area contributed by atoms with Gasteiger partial charge in [-0.15, -0.1) is 0 Å². The van der Waals surface area contributed by atoms with E-state index < -0.39 is 5.41 Å². The van der Waals surface area contributed by atoms with Crippen molar-refractivity contribution in [3.63, 3.8) is 0 Å². The van der Waals surface area contributed by atoms with E-state index in [-0.39, 0.29) is 17.6 Å². The van der Waals surface area contributed by atoms with Gasteiger partial charge in [0.1, 0.15) is 11.2 Å². The number of amides is 2. The molecule has 2 aromatic rings. The fraction of sp³-hybridized carbons (Fsp3) is 0.333. The van der Waals surface area contributed by atoms with Crippen molar-refractivity contribution in [1.82, 2.24) is 10.6 Å². The average Bonchev–Trinajstić information content (AvgIpc) is 2.64. The Hall–Kier alpha value is -2.69. The minimum Gasteiger partial charge on any atom is -0.355 e. The number of hydrogen-bond donors (Lipinski definition) is 2. The molecular weight excluding hydrogens is 331 g/mol. The van der Waals surface area contributed by atoms with Crippen molar-refractivity contribution in [3.05, 3.63) is 71.5 Å². The van der Waals surface area contributed by atoms with Gasteiger partial charge in [0.25, 0.3) is 0 Å². The third kappa shape index (κ3) is 5.69. The van der Waals surface area contributed by atoms with Gasteiger partial charge in [0.05, 0.1) is 0 Å². The summed E-state index contributed by atoms with van der Waals surface area (Å²) < 4.78 is 12.9. The molecule has 26 heavy (non-hydrogen) atoms. The summed E-state index contributed by atoms with van der Waals surface area (Å²) in [4.78, 5) is 24.7. The van der Waals surface area contributed by atoms with Crippen LogP contribution in [0.5, 0.6) is 0 Å². The Bertz CT molecular complexity index is 727. The van der Waals surface area contributed by atoms with E-state index in [1.54, 1.807) is 26.0 Å². The molecule has 0 spiro atoms. The second kappa shape index (κ2) is 9.13. The molecule has 0 unspecified atom stereocenters. The van der Waals surface area contributed by atoms with Crippen molar-refractivity contribution in [3.8, 4) is 0 Å². The summed E-state index contributed by atoms with van der Waals surface area (Å²) in [6.45, 7) is 4.09. The number of carbonyl (C=O) groups excluding carboxylic acids is 2. The number of halogens is 1. The summed E-state index contributed by atoms with van der Waals surface area (Å²) >= 11 is 0. The lowest BCUT2D eigenvalue weighted by Gasteiger charge is -2.22. The van der Waals surface area contributed by atoms with Gasteiger partial charge in [0, 0.05) is 13.1 Å². The fourth-order valence-electron chi connectivity index (χ4n) is 2.48. The highest BCUT2D eigenvalue weighted by molar-refractivity contribution is 6.04. The molecule has 5 heteroatoms. The highest BCUT2D eigenvalue weighted by Crippen LogP contribution is 2.15. The molecule has 0 aliphatic heterocycles. The van der Waals surface area contributed by atoms with E-state index in [9.17, 15) is 14.0 Å². The number of carbonyl (C=O) groups is 2. The summed E-state index contributed by atoms with van der Waals surface area (Å²) in [6.07, 6.45) is 1.30. The van der Waals surface area contributed by atoms with Gasteiger partial charge in [-0.25, -0.2) is 4.39 Å². The monoisotopic (exact) mass is 356 g/mol. The van der Waals surface area contributed by atoms with E-state index in [0.717, 1.165) is 17.5 Å². The molecule has 0 fully saturated rings. The maximum Gasteiger partial charge on any atom is 0.235 e. The summed E-state index contributed by atoms with van der Waals surface area (Å²) in [6, 6.07) is 16.0. The molecule has 0 saturated heterocycles. The smallest absolute Gasteiger partial charge is 0.235 e. The Balaban J connectivity index is 1.76. The second-order valence-corrected chi connectivity index (χ2v) is 6.75. The van der Waals surface area contributed by atoms with Gasteiger partial charge < -0.3 is 10.6 Å². The van der Waals surface area contributed by atoms with Crippen molar-refractivity contribution in [1.29, 1.82) is 0 Å². The lowest BCUT2D eigenvalue weighted by atomic mass is 9.91. The first-order valence-electron chi connectivity index (χ1n) is 8.74. The van der Waals surface area contributed by atoms with Gasteiger partial charge in [-0.05, 0) is 49.9 Å². The van der Waals surface area contributed by atoms with Crippen molar-refractivity contribution in [2.75, 3.05) is 13.1 Å². The maximum atomic E-state index is 12.9. The molecule has 0 saturated carbocycles. The van der Waals surface area contributed by atoms with Gasteiger partial charge >= 0.3 is 0 Å². The lowest BCUT2D eigenvalue weighted by molar-refractivity contribution is -0.141. The van der Waals surface area contributed by atoms with Crippen molar-refractivity contribution in [2.45, 2.75) is 26.7 Å². The molecule has 0 heterocycles. The zero-order valence-corrected chi connectivity index (χ0v) is 15.2. The topological polar surface area (TPSA) is 58.2 Å². The molecule has 2 N–H and O–H groups in total. The Kier molecular flexibility index (Phi) is 6.89. The maximum absolute atomic E-state index is 12.9. The second-order valence-electron chi connectivity index (χ2n) is 6.75. The molecule has 2 rings (SSSR count). The standard InChI is InChI=1S/C21H25FN2O2/c1-21(2,19(25)23-14-12-16-6-4-3-5-7-16)20(26)24-15-13-17-8-10-18(22)11-9-17/h3-11H,12-15H2,1-2H3,(H,23,25)(H,24,26). The van der Waals surface area contributed by atoms with Crippen LogP contribution in [0.2, 0.25) is 0 Å². The third-order valence-electron chi connectivity index (χ3n) is 4.29. The van der Waals surface area contributed by atoms with Crippen LogP contribution in [0.25, 0.3) is 0 Å². The van der Waals surface area contributed by atoms with E-state index in [1.165, 1.54) is 12.1 Å². The number of benzene rings is 2. The summed E-state index contributed by atoms with van der Waals surface area (Å²) in [5.74, 6) is -0.907. The van der Waals surface area contributed by atoms with E-state index >= 15 is 0 Å². The van der Waals surface area contributed by atoms with Crippen molar-refractivity contribution < 1.29 is 14.0 Å². The van der Waals surface area contributed by atoms with Crippen LogP contribution in [-0.4, -0.2) is 24.9 Å². The van der Waals surface area contributed by atoms with E-state index in [4.69, 9.17) is 0 Å². The van der Waals surface area contributed by atoms with Crippen molar-refractivity contribution >= 4 is 11.8 Å². The molecule has 2 aromatic carbocycles. The predicted octanol–water partition coefficient (Wildman–Crippen LogP) is 2.87. The van der Waals surface area contributed by atoms with Gasteiger partial charge in [0.2, 0.25) is 11.8 Å². The first-order valence-corrected chi connectivity index (χ1v) is 8.74. The van der Waals surface area contributed by atoms with Crippen LogP contribution >= 0.6 is 0 Å². The first kappa shape index (κ1) is 19.6. The molecule has 0 bridgehead atoms. The van der Waals surface area contributed by atoms with E-state index in [0.29, 0.717) is 19.5 Å². The minimum atomic E-state index is -1.15. The molecule has 4 nitrogen and oxygen atoms in total. The predicted molar refractivity (Wildman–Crippen MR) is 100 cm³/mol. The third-order valence-corrected chi connectivity index (χ3v) is 4.29. The number of rotatable bonds is 8. The van der Waals surface area contributed by atoms with Gasteiger partial charge in [-0.3, -0.25) is 9.59 Å². The Morgan fingerprint density at radius 2 is 1.27 bits per heavy atom. The molecular formula is C21H25FN2O2. The van der Waals surface area contributed by atoms with Gasteiger partial charge in [0.15, 0.2) is 0 Å². The van der Waals surface area contributed by atoms with Crippen LogP contribution < -0.4 is 10.6 Å². The quantitative estimate of drug-likeness (QED) is 0.715. The van der Waals surface area contributed by atoms with Crippen LogP contribution in [0, 0.1) is 11.2 Å². The summed E-state index contributed by atoms with van der Waals surface area (Å²) in [7, 11) is 0. The average molecular weight is 356 g/mol. The Labute approximate surface area is 153 Å². The highest BCUT2D eigenvalue weighted by atomic mass is 19.1.